The standard InChI is InChI=1S/C13H17ClN2O2S/c1-8(6-12(15)19)16(2)13(17)10-5-4-9(14)7-11(10)18-3/h4-5,7-8H,6H2,1-3H3,(H2,15,19). The lowest BCUT2D eigenvalue weighted by Gasteiger charge is -2.25. The van der Waals surface area contributed by atoms with Gasteiger partial charge in [-0.25, -0.2) is 0 Å². The monoisotopic (exact) mass is 300 g/mol. The molecule has 0 aliphatic rings. The first-order valence-corrected chi connectivity index (χ1v) is 6.54. The van der Waals surface area contributed by atoms with E-state index in [1.165, 1.54) is 7.11 Å². The van der Waals surface area contributed by atoms with E-state index in [2.05, 4.69) is 0 Å². The topological polar surface area (TPSA) is 55.6 Å². The number of carbonyl (C=O) groups is 1. The van der Waals surface area contributed by atoms with E-state index >= 15 is 0 Å². The molecule has 0 fully saturated rings. The zero-order valence-corrected chi connectivity index (χ0v) is 12.7. The Kier molecular flexibility index (Phi) is 5.57. The average molecular weight is 301 g/mol. The molecule has 1 atom stereocenters. The van der Waals surface area contributed by atoms with Crippen LogP contribution in [0.5, 0.6) is 5.75 Å². The number of hydrogen-bond acceptors (Lipinski definition) is 3. The van der Waals surface area contributed by atoms with Crippen molar-refractivity contribution >= 4 is 34.7 Å². The summed E-state index contributed by atoms with van der Waals surface area (Å²) in [6, 6.07) is 4.84. The molecule has 1 amide bonds. The molecule has 0 spiro atoms. The number of benzene rings is 1. The number of ether oxygens (including phenoxy) is 1. The van der Waals surface area contributed by atoms with Gasteiger partial charge in [0.05, 0.1) is 17.7 Å². The fourth-order valence-corrected chi connectivity index (χ4v) is 2.06. The third kappa shape index (κ3) is 4.08. The predicted molar refractivity (Wildman–Crippen MR) is 81.0 cm³/mol. The molecule has 1 rings (SSSR count). The first kappa shape index (κ1) is 15.7. The van der Waals surface area contributed by atoms with E-state index in [9.17, 15) is 4.79 Å². The van der Waals surface area contributed by atoms with Crippen LogP contribution in [-0.4, -0.2) is 36.0 Å². The van der Waals surface area contributed by atoms with E-state index in [0.29, 0.717) is 27.7 Å². The summed E-state index contributed by atoms with van der Waals surface area (Å²) >= 11 is 10.7. The number of amides is 1. The van der Waals surface area contributed by atoms with Crippen LogP contribution >= 0.6 is 23.8 Å². The van der Waals surface area contributed by atoms with E-state index in [4.69, 9.17) is 34.3 Å². The minimum Gasteiger partial charge on any atom is -0.496 e. The Morgan fingerprint density at radius 1 is 1.58 bits per heavy atom. The number of rotatable bonds is 5. The van der Waals surface area contributed by atoms with Crippen LogP contribution in [-0.2, 0) is 0 Å². The van der Waals surface area contributed by atoms with Gasteiger partial charge in [-0.3, -0.25) is 4.79 Å². The van der Waals surface area contributed by atoms with Gasteiger partial charge >= 0.3 is 0 Å². The van der Waals surface area contributed by atoms with Gasteiger partial charge in [0.25, 0.3) is 5.91 Å². The maximum absolute atomic E-state index is 12.4. The van der Waals surface area contributed by atoms with Crippen molar-refractivity contribution < 1.29 is 9.53 Å². The molecule has 0 saturated heterocycles. The fraction of sp³-hybridized carbons (Fsp3) is 0.385. The number of methoxy groups -OCH3 is 1. The third-order valence-corrected chi connectivity index (χ3v) is 3.27. The van der Waals surface area contributed by atoms with Gasteiger partial charge in [-0.2, -0.15) is 0 Å². The maximum Gasteiger partial charge on any atom is 0.257 e. The van der Waals surface area contributed by atoms with Gasteiger partial charge in [0.15, 0.2) is 0 Å². The molecule has 19 heavy (non-hydrogen) atoms. The Hall–Kier alpha value is -1.33. The van der Waals surface area contributed by atoms with Crippen LogP contribution in [0.3, 0.4) is 0 Å². The Morgan fingerprint density at radius 2 is 2.21 bits per heavy atom. The molecule has 1 aromatic carbocycles. The van der Waals surface area contributed by atoms with Crippen LogP contribution in [0.25, 0.3) is 0 Å². The van der Waals surface area contributed by atoms with Crippen molar-refractivity contribution in [3.8, 4) is 5.75 Å². The number of carbonyl (C=O) groups excluding carboxylic acids is 1. The molecular weight excluding hydrogens is 284 g/mol. The summed E-state index contributed by atoms with van der Waals surface area (Å²) in [6.45, 7) is 1.89. The van der Waals surface area contributed by atoms with Gasteiger partial charge in [-0.1, -0.05) is 23.8 Å². The van der Waals surface area contributed by atoms with E-state index < -0.39 is 0 Å². The highest BCUT2D eigenvalue weighted by molar-refractivity contribution is 7.80. The highest BCUT2D eigenvalue weighted by Gasteiger charge is 2.21. The van der Waals surface area contributed by atoms with E-state index in [1.54, 1.807) is 30.1 Å². The van der Waals surface area contributed by atoms with Gasteiger partial charge in [0, 0.05) is 24.5 Å². The second-order valence-electron chi connectivity index (χ2n) is 4.28. The molecule has 0 aliphatic carbocycles. The summed E-state index contributed by atoms with van der Waals surface area (Å²) in [4.78, 5) is 14.4. The largest absolute Gasteiger partial charge is 0.496 e. The number of nitrogens with zero attached hydrogens (tertiary/aromatic N) is 1. The first-order valence-electron chi connectivity index (χ1n) is 5.75. The van der Waals surface area contributed by atoms with Gasteiger partial charge in [-0.05, 0) is 25.1 Å². The first-order chi connectivity index (χ1) is 8.86. The minimum absolute atomic E-state index is 0.0783. The highest BCUT2D eigenvalue weighted by atomic mass is 35.5. The second kappa shape index (κ2) is 6.73. The van der Waals surface area contributed by atoms with Crippen molar-refractivity contribution in [2.45, 2.75) is 19.4 Å². The molecule has 1 aromatic rings. The van der Waals surface area contributed by atoms with Crippen LogP contribution < -0.4 is 10.5 Å². The van der Waals surface area contributed by atoms with Crippen LogP contribution in [0.1, 0.15) is 23.7 Å². The van der Waals surface area contributed by atoms with E-state index in [-0.39, 0.29) is 11.9 Å². The summed E-state index contributed by atoms with van der Waals surface area (Å²) in [5, 5.41) is 0.521. The SMILES string of the molecule is COc1cc(Cl)ccc1C(=O)N(C)C(C)CC(N)=S. The molecule has 0 aromatic heterocycles. The summed E-state index contributed by atoms with van der Waals surface area (Å²) in [5.74, 6) is 0.296. The number of thiocarbonyl (C=S) groups is 1. The van der Waals surface area contributed by atoms with Crippen molar-refractivity contribution in [2.24, 2.45) is 5.73 Å². The Morgan fingerprint density at radius 3 is 2.74 bits per heavy atom. The summed E-state index contributed by atoms with van der Waals surface area (Å²) in [5.41, 5.74) is 5.96. The van der Waals surface area contributed by atoms with Crippen LogP contribution in [0.4, 0.5) is 0 Å². The quantitative estimate of drug-likeness (QED) is 0.849. The lowest BCUT2D eigenvalue weighted by molar-refractivity contribution is 0.0744. The van der Waals surface area contributed by atoms with Gasteiger partial charge < -0.3 is 15.4 Å². The van der Waals surface area contributed by atoms with E-state index in [1.807, 2.05) is 6.92 Å². The van der Waals surface area contributed by atoms with Gasteiger partial charge in [-0.15, -0.1) is 0 Å². The smallest absolute Gasteiger partial charge is 0.257 e. The molecule has 6 heteroatoms. The highest BCUT2D eigenvalue weighted by Crippen LogP contribution is 2.24. The van der Waals surface area contributed by atoms with Crippen molar-refractivity contribution in [1.29, 1.82) is 0 Å². The normalized spacial score (nSPS) is 11.8. The second-order valence-corrected chi connectivity index (χ2v) is 5.24. The van der Waals surface area contributed by atoms with Crippen LogP contribution in [0, 0.1) is 0 Å². The molecule has 2 N–H and O–H groups in total. The Balaban J connectivity index is 2.96. The molecule has 0 aliphatic heterocycles. The predicted octanol–water partition coefficient (Wildman–Crippen LogP) is 2.49. The summed E-state index contributed by atoms with van der Waals surface area (Å²) in [7, 11) is 3.21. The number of halogens is 1. The molecule has 104 valence electrons. The zero-order valence-electron chi connectivity index (χ0n) is 11.1. The average Bonchev–Trinajstić information content (AvgIpc) is 2.36. The molecule has 1 unspecified atom stereocenters. The fourth-order valence-electron chi connectivity index (χ4n) is 1.66. The van der Waals surface area contributed by atoms with Gasteiger partial charge in [0.2, 0.25) is 0 Å². The van der Waals surface area contributed by atoms with E-state index in [0.717, 1.165) is 0 Å². The maximum atomic E-state index is 12.4. The van der Waals surface area contributed by atoms with Crippen molar-refractivity contribution in [1.82, 2.24) is 4.90 Å². The van der Waals surface area contributed by atoms with Crippen LogP contribution in [0.2, 0.25) is 5.02 Å². The third-order valence-electron chi connectivity index (χ3n) is 2.87. The number of nitrogens with two attached hydrogens (primary N) is 1. The lowest BCUT2D eigenvalue weighted by atomic mass is 10.1. The number of hydrogen-bond donors (Lipinski definition) is 1. The lowest BCUT2D eigenvalue weighted by Crippen LogP contribution is -2.37. The van der Waals surface area contributed by atoms with Crippen molar-refractivity contribution in [3.05, 3.63) is 28.8 Å². The molecule has 4 nitrogen and oxygen atoms in total. The molecule has 0 radical (unpaired) electrons. The Labute approximate surface area is 123 Å². The minimum atomic E-state index is -0.155. The van der Waals surface area contributed by atoms with Crippen molar-refractivity contribution in [2.75, 3.05) is 14.2 Å². The zero-order chi connectivity index (χ0) is 14.6. The Bertz CT molecular complexity index is 494. The molecule has 0 bridgehead atoms. The summed E-state index contributed by atoms with van der Waals surface area (Å²) < 4.78 is 5.18. The summed E-state index contributed by atoms with van der Waals surface area (Å²) in [6.07, 6.45) is 0.480. The van der Waals surface area contributed by atoms with Crippen molar-refractivity contribution in [3.63, 3.8) is 0 Å². The molecule has 0 saturated carbocycles. The van der Waals surface area contributed by atoms with Gasteiger partial charge in [0.1, 0.15) is 5.75 Å². The molecule has 0 heterocycles. The van der Waals surface area contributed by atoms with Crippen LogP contribution in [0.15, 0.2) is 18.2 Å². The molecular formula is C13H17ClN2O2S.